The number of methoxy groups -OCH3 is 1. The number of nitrogens with one attached hydrogen (secondary N) is 1. The number of amides is 1. The van der Waals surface area contributed by atoms with Gasteiger partial charge in [-0.2, -0.15) is 0 Å². The van der Waals surface area contributed by atoms with Gasteiger partial charge in [-0.25, -0.2) is 0 Å². The first-order valence-electron chi connectivity index (χ1n) is 4.44. The van der Waals surface area contributed by atoms with E-state index in [0.29, 0.717) is 12.8 Å². The minimum Gasteiger partial charge on any atom is -0.468 e. The van der Waals surface area contributed by atoms with Crippen LogP contribution in [0.1, 0.15) is 19.8 Å². The summed E-state index contributed by atoms with van der Waals surface area (Å²) >= 11 is 0. The van der Waals surface area contributed by atoms with Crippen molar-refractivity contribution in [2.75, 3.05) is 7.11 Å². The predicted octanol–water partition coefficient (Wildman–Crippen LogP) is -0.357. The summed E-state index contributed by atoms with van der Waals surface area (Å²) < 4.78 is 4.51. The average molecular weight is 199 g/mol. The fourth-order valence-electron chi connectivity index (χ4n) is 1.63. The topological polar surface area (TPSA) is 72.5 Å². The molecule has 1 aliphatic heterocycles. The molecular formula is C9H13NO4. The number of Topliss-reactive ketones (excluding diaryl/α,β-unsaturated/α-hetero) is 1. The molecule has 1 fully saturated rings. The molecule has 1 rings (SSSR count). The third kappa shape index (κ3) is 2.10. The second-order valence-electron chi connectivity index (χ2n) is 3.32. The highest BCUT2D eigenvalue weighted by atomic mass is 16.5. The van der Waals surface area contributed by atoms with Crippen molar-refractivity contribution in [2.24, 2.45) is 5.92 Å². The Kier molecular flexibility index (Phi) is 3.22. The summed E-state index contributed by atoms with van der Waals surface area (Å²) in [7, 11) is 1.23. The highest BCUT2D eigenvalue weighted by Gasteiger charge is 2.37. The molecule has 0 aromatic heterocycles. The van der Waals surface area contributed by atoms with Gasteiger partial charge in [0.1, 0.15) is 11.7 Å². The number of ketones is 1. The van der Waals surface area contributed by atoms with Crippen molar-refractivity contribution < 1.29 is 19.1 Å². The minimum absolute atomic E-state index is 0.120. The molecule has 0 bridgehead atoms. The quantitative estimate of drug-likeness (QED) is 0.498. The van der Waals surface area contributed by atoms with Gasteiger partial charge in [-0.1, -0.05) is 0 Å². The maximum atomic E-state index is 11.3. The number of carbonyl (C=O) groups is 3. The first kappa shape index (κ1) is 10.7. The molecule has 14 heavy (non-hydrogen) atoms. The SMILES string of the molecule is COC(=O)C(C(C)=O)C1CCC(=O)N1. The van der Waals surface area contributed by atoms with Crippen LogP contribution in [-0.4, -0.2) is 30.8 Å². The van der Waals surface area contributed by atoms with Crippen LogP contribution in [0.2, 0.25) is 0 Å². The van der Waals surface area contributed by atoms with Crippen molar-refractivity contribution >= 4 is 17.7 Å². The van der Waals surface area contributed by atoms with Gasteiger partial charge in [0.25, 0.3) is 0 Å². The molecule has 2 atom stereocenters. The number of hydrogen-bond acceptors (Lipinski definition) is 4. The van der Waals surface area contributed by atoms with E-state index in [4.69, 9.17) is 0 Å². The molecule has 0 aromatic carbocycles. The van der Waals surface area contributed by atoms with Gasteiger partial charge >= 0.3 is 5.97 Å². The Hall–Kier alpha value is -1.39. The highest BCUT2D eigenvalue weighted by Crippen LogP contribution is 2.17. The van der Waals surface area contributed by atoms with E-state index in [0.717, 1.165) is 0 Å². The van der Waals surface area contributed by atoms with Gasteiger partial charge in [0.15, 0.2) is 0 Å². The van der Waals surface area contributed by atoms with Gasteiger partial charge in [-0.3, -0.25) is 14.4 Å². The van der Waals surface area contributed by atoms with Gasteiger partial charge in [-0.15, -0.1) is 0 Å². The fourth-order valence-corrected chi connectivity index (χ4v) is 1.63. The molecule has 0 aromatic rings. The van der Waals surface area contributed by atoms with E-state index in [9.17, 15) is 14.4 Å². The Morgan fingerprint density at radius 2 is 2.21 bits per heavy atom. The monoisotopic (exact) mass is 199 g/mol. The summed E-state index contributed by atoms with van der Waals surface area (Å²) in [5, 5.41) is 2.59. The molecule has 1 amide bonds. The van der Waals surface area contributed by atoms with Crippen LogP contribution in [0.5, 0.6) is 0 Å². The molecule has 1 saturated heterocycles. The van der Waals surface area contributed by atoms with E-state index < -0.39 is 17.9 Å². The third-order valence-corrected chi connectivity index (χ3v) is 2.32. The van der Waals surface area contributed by atoms with E-state index >= 15 is 0 Å². The Morgan fingerprint density at radius 1 is 1.57 bits per heavy atom. The van der Waals surface area contributed by atoms with Crippen molar-refractivity contribution in [3.63, 3.8) is 0 Å². The molecule has 0 saturated carbocycles. The number of esters is 1. The van der Waals surface area contributed by atoms with Crippen LogP contribution < -0.4 is 5.32 Å². The van der Waals surface area contributed by atoms with Gasteiger partial charge in [-0.05, 0) is 13.3 Å². The predicted molar refractivity (Wildman–Crippen MR) is 47.4 cm³/mol. The summed E-state index contributed by atoms with van der Waals surface area (Å²) in [6, 6.07) is -0.396. The zero-order valence-electron chi connectivity index (χ0n) is 8.20. The third-order valence-electron chi connectivity index (χ3n) is 2.32. The van der Waals surface area contributed by atoms with Crippen molar-refractivity contribution in [2.45, 2.75) is 25.8 Å². The molecule has 0 aliphatic carbocycles. The van der Waals surface area contributed by atoms with E-state index in [2.05, 4.69) is 10.1 Å². The molecule has 0 spiro atoms. The van der Waals surface area contributed by atoms with Gasteiger partial charge < -0.3 is 10.1 Å². The Morgan fingerprint density at radius 3 is 2.57 bits per heavy atom. The van der Waals surface area contributed by atoms with Crippen LogP contribution in [0.15, 0.2) is 0 Å². The molecule has 1 N–H and O–H groups in total. The summed E-state index contributed by atoms with van der Waals surface area (Å²) in [4.78, 5) is 33.4. The number of carbonyl (C=O) groups excluding carboxylic acids is 3. The molecule has 5 heteroatoms. The first-order valence-corrected chi connectivity index (χ1v) is 4.44. The Bertz CT molecular complexity index is 274. The van der Waals surface area contributed by atoms with E-state index in [-0.39, 0.29) is 11.7 Å². The molecular weight excluding hydrogens is 186 g/mol. The summed E-state index contributed by atoms with van der Waals surface area (Å²) in [5.41, 5.74) is 0. The molecule has 1 aliphatic rings. The molecule has 0 radical (unpaired) electrons. The van der Waals surface area contributed by atoms with Crippen LogP contribution in [0, 0.1) is 5.92 Å². The lowest BCUT2D eigenvalue weighted by molar-refractivity contribution is -0.150. The Labute approximate surface area is 81.8 Å². The summed E-state index contributed by atoms with van der Waals surface area (Å²) in [6.07, 6.45) is 0.879. The lowest BCUT2D eigenvalue weighted by Gasteiger charge is -2.17. The number of rotatable bonds is 3. The normalized spacial score (nSPS) is 22.7. The average Bonchev–Trinajstić information content (AvgIpc) is 2.51. The van der Waals surface area contributed by atoms with Crippen molar-refractivity contribution in [1.29, 1.82) is 0 Å². The first-order chi connectivity index (χ1) is 6.56. The van der Waals surface area contributed by atoms with Crippen LogP contribution in [0.4, 0.5) is 0 Å². The van der Waals surface area contributed by atoms with E-state index in [1.807, 2.05) is 0 Å². The second-order valence-corrected chi connectivity index (χ2v) is 3.32. The van der Waals surface area contributed by atoms with Gasteiger partial charge in [0, 0.05) is 12.5 Å². The molecule has 1 heterocycles. The zero-order chi connectivity index (χ0) is 10.7. The van der Waals surface area contributed by atoms with E-state index in [1.165, 1.54) is 14.0 Å². The Balaban J connectivity index is 2.73. The van der Waals surface area contributed by atoms with E-state index in [1.54, 1.807) is 0 Å². The second kappa shape index (κ2) is 4.21. The number of ether oxygens (including phenoxy) is 1. The lowest BCUT2D eigenvalue weighted by atomic mass is 9.95. The maximum Gasteiger partial charge on any atom is 0.318 e. The maximum absolute atomic E-state index is 11.3. The summed E-state index contributed by atoms with van der Waals surface area (Å²) in [6.45, 7) is 1.33. The van der Waals surface area contributed by atoms with Gasteiger partial charge in [0.2, 0.25) is 5.91 Å². The molecule has 2 unspecified atom stereocenters. The fraction of sp³-hybridized carbons (Fsp3) is 0.667. The smallest absolute Gasteiger partial charge is 0.318 e. The minimum atomic E-state index is -0.855. The van der Waals surface area contributed by atoms with Crippen molar-refractivity contribution in [3.8, 4) is 0 Å². The molecule has 5 nitrogen and oxygen atoms in total. The van der Waals surface area contributed by atoms with Gasteiger partial charge in [0.05, 0.1) is 7.11 Å². The van der Waals surface area contributed by atoms with Crippen molar-refractivity contribution in [3.05, 3.63) is 0 Å². The van der Waals surface area contributed by atoms with Crippen LogP contribution in [-0.2, 0) is 19.1 Å². The summed E-state index contributed by atoms with van der Waals surface area (Å²) in [5.74, 6) is -1.83. The largest absolute Gasteiger partial charge is 0.468 e. The standard InChI is InChI=1S/C9H13NO4/c1-5(11)8(9(13)14-2)6-3-4-7(12)10-6/h6,8H,3-4H2,1-2H3,(H,10,12). The highest BCUT2D eigenvalue weighted by molar-refractivity contribution is 5.99. The zero-order valence-corrected chi connectivity index (χ0v) is 8.20. The lowest BCUT2D eigenvalue weighted by Crippen LogP contribution is -2.41. The van der Waals surface area contributed by atoms with Crippen molar-refractivity contribution in [1.82, 2.24) is 5.32 Å². The molecule has 78 valence electrons. The van der Waals surface area contributed by atoms with Crippen LogP contribution in [0.3, 0.4) is 0 Å². The number of hydrogen-bond donors (Lipinski definition) is 1. The van der Waals surface area contributed by atoms with Crippen LogP contribution in [0.25, 0.3) is 0 Å². The van der Waals surface area contributed by atoms with Crippen LogP contribution >= 0.6 is 0 Å².